The lowest BCUT2D eigenvalue weighted by Crippen LogP contribution is -2.29. The number of aromatic nitrogens is 2. The number of hydrogen-bond donors (Lipinski definition) is 5. The van der Waals surface area contributed by atoms with Gasteiger partial charge in [0.15, 0.2) is 11.7 Å². The van der Waals surface area contributed by atoms with Gasteiger partial charge in [-0.3, -0.25) is 5.10 Å². The Bertz CT molecular complexity index is 626. The molecule has 7 nitrogen and oxygen atoms in total. The second-order valence-corrected chi connectivity index (χ2v) is 6.21. The Morgan fingerprint density at radius 3 is 3.12 bits per heavy atom. The maximum atomic E-state index is 12.5. The summed E-state index contributed by atoms with van der Waals surface area (Å²) < 4.78 is 18.3. The van der Waals surface area contributed by atoms with Gasteiger partial charge in [0.25, 0.3) is 0 Å². The number of aromatic amines is 1. The van der Waals surface area contributed by atoms with Crippen molar-refractivity contribution in [1.82, 2.24) is 15.5 Å². The Morgan fingerprint density at radius 1 is 1.60 bits per heavy atom. The predicted molar refractivity (Wildman–Crippen MR) is 97.0 cm³/mol. The number of nitrogens with zero attached hydrogens (tertiary/aromatic N) is 1. The molecule has 8 heteroatoms. The fourth-order valence-corrected chi connectivity index (χ4v) is 2.84. The minimum Gasteiger partial charge on any atom is -0.476 e. The van der Waals surface area contributed by atoms with E-state index >= 15 is 0 Å². The Labute approximate surface area is 147 Å². The van der Waals surface area contributed by atoms with Crippen molar-refractivity contribution in [3.8, 4) is 0 Å². The number of halogens is 1. The van der Waals surface area contributed by atoms with E-state index in [1.54, 1.807) is 19.1 Å². The van der Waals surface area contributed by atoms with E-state index in [4.69, 9.17) is 16.2 Å². The van der Waals surface area contributed by atoms with Gasteiger partial charge >= 0.3 is 0 Å². The molecule has 0 aromatic carbocycles. The van der Waals surface area contributed by atoms with Crippen LogP contribution in [0.3, 0.4) is 0 Å². The van der Waals surface area contributed by atoms with Gasteiger partial charge in [-0.15, -0.1) is 0 Å². The SMILES string of the molecule is C=C(N[C@H](C)CF)OC1CCC(c2cc(N/C(N)=C/C=C\N)n[nH]2)C1. The van der Waals surface area contributed by atoms with Crippen LogP contribution in [0.25, 0.3) is 0 Å². The van der Waals surface area contributed by atoms with Crippen LogP contribution in [0.4, 0.5) is 10.2 Å². The van der Waals surface area contributed by atoms with Crippen molar-refractivity contribution in [2.75, 3.05) is 12.0 Å². The number of alkyl halides is 1. The molecule has 1 heterocycles. The summed E-state index contributed by atoms with van der Waals surface area (Å²) in [4.78, 5) is 0. The summed E-state index contributed by atoms with van der Waals surface area (Å²) >= 11 is 0. The van der Waals surface area contributed by atoms with Crippen LogP contribution < -0.4 is 22.1 Å². The van der Waals surface area contributed by atoms with E-state index in [1.165, 1.54) is 6.20 Å². The summed E-state index contributed by atoms with van der Waals surface area (Å²) in [6.07, 6.45) is 7.52. The van der Waals surface area contributed by atoms with Crippen LogP contribution in [-0.4, -0.2) is 29.0 Å². The zero-order valence-electron chi connectivity index (χ0n) is 14.5. The van der Waals surface area contributed by atoms with Gasteiger partial charge in [-0.2, -0.15) is 5.10 Å². The first-order valence-corrected chi connectivity index (χ1v) is 8.36. The first-order valence-electron chi connectivity index (χ1n) is 8.36. The number of hydrogen-bond acceptors (Lipinski definition) is 6. The van der Waals surface area contributed by atoms with Gasteiger partial charge in [0, 0.05) is 17.7 Å². The van der Waals surface area contributed by atoms with Crippen molar-refractivity contribution < 1.29 is 9.13 Å². The average Bonchev–Trinajstić information content (AvgIpc) is 3.22. The van der Waals surface area contributed by atoms with Crippen molar-refractivity contribution in [3.05, 3.63) is 48.4 Å². The standard InChI is InChI=1S/C17H27FN6O/c1-11(10-18)21-12(2)25-14-6-5-13(8-14)15-9-17(24-23-15)22-16(20)4-3-7-19/h3-4,7,9,11,13-14,21H,2,5-6,8,10,19-20H2,1H3,(H2,22,23,24)/b7-3-,16-4+/t11-,13?,14?/m1/s1. The molecular weight excluding hydrogens is 323 g/mol. The number of H-pyrrole nitrogens is 1. The van der Waals surface area contributed by atoms with Crippen molar-refractivity contribution in [3.63, 3.8) is 0 Å². The van der Waals surface area contributed by atoms with E-state index in [1.807, 2.05) is 6.07 Å². The molecule has 1 aromatic rings. The van der Waals surface area contributed by atoms with Gasteiger partial charge < -0.3 is 26.8 Å². The summed E-state index contributed by atoms with van der Waals surface area (Å²) in [6.45, 7) is 5.09. The predicted octanol–water partition coefficient (Wildman–Crippen LogP) is 2.17. The second-order valence-electron chi connectivity index (χ2n) is 6.21. The number of allylic oxidation sites excluding steroid dienone is 2. The lowest BCUT2D eigenvalue weighted by Gasteiger charge is -2.19. The highest BCUT2D eigenvalue weighted by Crippen LogP contribution is 2.36. The van der Waals surface area contributed by atoms with Crippen LogP contribution in [-0.2, 0) is 4.74 Å². The first-order chi connectivity index (χ1) is 12.0. The molecule has 0 spiro atoms. The molecule has 0 saturated heterocycles. The van der Waals surface area contributed by atoms with Crippen molar-refractivity contribution in [2.24, 2.45) is 11.5 Å². The zero-order chi connectivity index (χ0) is 18.2. The first kappa shape index (κ1) is 18.7. The Kier molecular flexibility index (Phi) is 6.73. The Morgan fingerprint density at radius 2 is 2.40 bits per heavy atom. The molecule has 0 radical (unpaired) electrons. The number of rotatable bonds is 9. The number of ether oxygens (including phenoxy) is 1. The molecule has 3 atom stereocenters. The molecule has 2 unspecified atom stereocenters. The van der Waals surface area contributed by atoms with E-state index in [-0.39, 0.29) is 12.1 Å². The van der Waals surface area contributed by atoms with Gasteiger partial charge in [-0.25, -0.2) is 4.39 Å². The molecule has 1 aliphatic rings. The third-order valence-electron chi connectivity index (χ3n) is 4.03. The number of nitrogens with one attached hydrogen (secondary N) is 3. The second kappa shape index (κ2) is 9.00. The van der Waals surface area contributed by atoms with Gasteiger partial charge in [0.2, 0.25) is 0 Å². The summed E-state index contributed by atoms with van der Waals surface area (Å²) in [5, 5.41) is 13.2. The molecule has 25 heavy (non-hydrogen) atoms. The van der Waals surface area contributed by atoms with Gasteiger partial charge in [-0.05, 0) is 51.1 Å². The van der Waals surface area contributed by atoms with E-state index in [9.17, 15) is 4.39 Å². The molecule has 1 fully saturated rings. The molecule has 1 aromatic heterocycles. The van der Waals surface area contributed by atoms with E-state index < -0.39 is 6.67 Å². The summed E-state index contributed by atoms with van der Waals surface area (Å²) in [7, 11) is 0. The third-order valence-corrected chi connectivity index (χ3v) is 4.03. The summed E-state index contributed by atoms with van der Waals surface area (Å²) in [5.41, 5.74) is 12.1. The smallest absolute Gasteiger partial charge is 0.179 e. The van der Waals surface area contributed by atoms with Crippen LogP contribution >= 0.6 is 0 Å². The van der Waals surface area contributed by atoms with E-state index in [0.29, 0.717) is 23.4 Å². The third kappa shape index (κ3) is 5.74. The molecule has 138 valence electrons. The molecule has 0 bridgehead atoms. The van der Waals surface area contributed by atoms with Crippen molar-refractivity contribution in [1.29, 1.82) is 0 Å². The van der Waals surface area contributed by atoms with Crippen LogP contribution in [0.15, 0.2) is 42.7 Å². The number of nitrogens with two attached hydrogens (primary N) is 2. The Balaban J connectivity index is 1.85. The zero-order valence-corrected chi connectivity index (χ0v) is 14.5. The highest BCUT2D eigenvalue weighted by atomic mass is 19.1. The number of anilines is 1. The topological polar surface area (TPSA) is 114 Å². The lowest BCUT2D eigenvalue weighted by molar-refractivity contribution is 0.101. The highest BCUT2D eigenvalue weighted by molar-refractivity contribution is 5.42. The van der Waals surface area contributed by atoms with Crippen LogP contribution in [0.2, 0.25) is 0 Å². The molecule has 0 aliphatic heterocycles. The normalized spacial score (nSPS) is 22.1. The highest BCUT2D eigenvalue weighted by Gasteiger charge is 2.29. The van der Waals surface area contributed by atoms with Crippen molar-refractivity contribution in [2.45, 2.75) is 44.2 Å². The molecule has 1 aliphatic carbocycles. The Hall–Kier alpha value is -2.64. The minimum absolute atomic E-state index is 0.0659. The van der Waals surface area contributed by atoms with Crippen molar-refractivity contribution >= 4 is 5.82 Å². The van der Waals surface area contributed by atoms with Gasteiger partial charge in [0.1, 0.15) is 18.6 Å². The monoisotopic (exact) mass is 350 g/mol. The molecule has 2 rings (SSSR count). The quantitative estimate of drug-likeness (QED) is 0.344. The minimum atomic E-state index is -0.460. The average molecular weight is 350 g/mol. The van der Waals surface area contributed by atoms with Crippen LogP contribution in [0, 0.1) is 0 Å². The maximum absolute atomic E-state index is 12.5. The molecule has 1 saturated carbocycles. The maximum Gasteiger partial charge on any atom is 0.179 e. The lowest BCUT2D eigenvalue weighted by atomic mass is 10.0. The molecule has 0 amide bonds. The fourth-order valence-electron chi connectivity index (χ4n) is 2.84. The summed E-state index contributed by atoms with van der Waals surface area (Å²) in [5.74, 6) is 1.86. The van der Waals surface area contributed by atoms with E-state index in [0.717, 1.165) is 25.0 Å². The van der Waals surface area contributed by atoms with Gasteiger partial charge in [-0.1, -0.05) is 0 Å². The summed E-state index contributed by atoms with van der Waals surface area (Å²) in [6, 6.07) is 1.65. The van der Waals surface area contributed by atoms with Crippen LogP contribution in [0.5, 0.6) is 0 Å². The largest absolute Gasteiger partial charge is 0.476 e. The molecule has 7 N–H and O–H groups in total. The van der Waals surface area contributed by atoms with Crippen LogP contribution in [0.1, 0.15) is 37.8 Å². The van der Waals surface area contributed by atoms with Gasteiger partial charge in [0.05, 0.1) is 6.04 Å². The fraction of sp³-hybridized carbons (Fsp3) is 0.471. The van der Waals surface area contributed by atoms with E-state index in [2.05, 4.69) is 27.4 Å². The molecular formula is C17H27FN6O.